The van der Waals surface area contributed by atoms with Gasteiger partial charge in [0.1, 0.15) is 17.1 Å². The number of amides is 1. The van der Waals surface area contributed by atoms with Gasteiger partial charge in [-0.1, -0.05) is 6.07 Å². The van der Waals surface area contributed by atoms with Gasteiger partial charge in [-0.05, 0) is 19.1 Å². The fourth-order valence-electron chi connectivity index (χ4n) is 1.75. The molecule has 0 saturated carbocycles. The average Bonchev–Trinajstić information content (AvgIpc) is 2.39. The molecule has 106 valence electrons. The van der Waals surface area contributed by atoms with Crippen LogP contribution in [0.4, 0.5) is 4.39 Å². The van der Waals surface area contributed by atoms with Crippen molar-refractivity contribution in [2.75, 3.05) is 21.3 Å². The molecule has 1 aromatic rings. The van der Waals surface area contributed by atoms with Crippen LogP contribution in [0, 0.1) is 5.82 Å². The summed E-state index contributed by atoms with van der Waals surface area (Å²) < 4.78 is 28.7. The summed E-state index contributed by atoms with van der Waals surface area (Å²) in [4.78, 5) is 12.0. The Morgan fingerprint density at radius 1 is 1.26 bits per heavy atom. The van der Waals surface area contributed by atoms with Crippen LogP contribution in [0.2, 0.25) is 0 Å². The van der Waals surface area contributed by atoms with E-state index in [1.807, 2.05) is 0 Å². The smallest absolute Gasteiger partial charge is 0.258 e. The molecular formula is C13H18FNO4. The lowest BCUT2D eigenvalue weighted by molar-refractivity contribution is -0.117. The Kier molecular flexibility index (Phi) is 5.72. The molecular weight excluding hydrogens is 253 g/mol. The molecule has 0 aliphatic heterocycles. The van der Waals surface area contributed by atoms with Crippen molar-refractivity contribution in [3.05, 3.63) is 29.6 Å². The number of carbonyl (C=O) groups excluding carboxylic acids is 1. The van der Waals surface area contributed by atoms with Crippen LogP contribution >= 0.6 is 0 Å². The second-order valence-electron chi connectivity index (χ2n) is 3.92. The van der Waals surface area contributed by atoms with Crippen LogP contribution < -0.4 is 10.1 Å². The summed E-state index contributed by atoms with van der Waals surface area (Å²) >= 11 is 0. The number of ether oxygens (including phenoxy) is 3. The first-order valence-electron chi connectivity index (χ1n) is 5.74. The molecule has 5 nitrogen and oxygen atoms in total. The van der Waals surface area contributed by atoms with Crippen molar-refractivity contribution in [1.82, 2.24) is 5.32 Å². The van der Waals surface area contributed by atoms with Gasteiger partial charge < -0.3 is 19.5 Å². The van der Waals surface area contributed by atoms with E-state index in [1.54, 1.807) is 6.92 Å². The summed E-state index contributed by atoms with van der Waals surface area (Å²) in [6.07, 6.45) is -0.610. The lowest BCUT2D eigenvalue weighted by Gasteiger charge is -2.22. The Balaban J connectivity index is 2.89. The van der Waals surface area contributed by atoms with E-state index in [9.17, 15) is 9.18 Å². The number of carbonyl (C=O) groups is 1. The standard InChI is InChI=1S/C13H18FNO4/c1-8(13(18-3)19-4)15-12(16)11-9(14)6-5-7-10(11)17-2/h5-8,13H,1-4H3,(H,15,16). The molecule has 1 unspecified atom stereocenters. The molecule has 0 bridgehead atoms. The van der Waals surface area contributed by atoms with E-state index >= 15 is 0 Å². The highest BCUT2D eigenvalue weighted by Gasteiger charge is 2.23. The molecule has 0 heterocycles. The third-order valence-corrected chi connectivity index (χ3v) is 2.65. The van der Waals surface area contributed by atoms with E-state index in [1.165, 1.54) is 39.5 Å². The summed E-state index contributed by atoms with van der Waals surface area (Å²) in [6.45, 7) is 1.70. The SMILES string of the molecule is COc1cccc(F)c1C(=O)NC(C)C(OC)OC. The van der Waals surface area contributed by atoms with Crippen molar-refractivity contribution in [2.24, 2.45) is 0 Å². The van der Waals surface area contributed by atoms with Crippen molar-refractivity contribution >= 4 is 5.91 Å². The van der Waals surface area contributed by atoms with Gasteiger partial charge in [0.2, 0.25) is 0 Å². The zero-order valence-electron chi connectivity index (χ0n) is 11.4. The van der Waals surface area contributed by atoms with E-state index in [0.717, 1.165) is 0 Å². The van der Waals surface area contributed by atoms with Gasteiger partial charge in [-0.15, -0.1) is 0 Å². The minimum absolute atomic E-state index is 0.136. The molecule has 0 radical (unpaired) electrons. The molecule has 1 aromatic carbocycles. The highest BCUT2D eigenvalue weighted by atomic mass is 19.1. The molecule has 0 spiro atoms. The lowest BCUT2D eigenvalue weighted by Crippen LogP contribution is -2.43. The van der Waals surface area contributed by atoms with Crippen molar-refractivity contribution in [3.8, 4) is 5.75 Å². The third kappa shape index (κ3) is 3.65. The van der Waals surface area contributed by atoms with Gasteiger partial charge in [0.05, 0.1) is 13.2 Å². The second-order valence-corrected chi connectivity index (χ2v) is 3.92. The third-order valence-electron chi connectivity index (χ3n) is 2.65. The summed E-state index contributed by atoms with van der Waals surface area (Å²) in [6, 6.07) is 3.76. The number of halogens is 1. The minimum atomic E-state index is -0.643. The van der Waals surface area contributed by atoms with Crippen molar-refractivity contribution < 1.29 is 23.4 Å². The number of hydrogen-bond acceptors (Lipinski definition) is 4. The normalized spacial score (nSPS) is 12.3. The van der Waals surface area contributed by atoms with Gasteiger partial charge in [-0.3, -0.25) is 4.79 Å². The van der Waals surface area contributed by atoms with Gasteiger partial charge >= 0.3 is 0 Å². The average molecular weight is 271 g/mol. The molecule has 1 rings (SSSR count). The van der Waals surface area contributed by atoms with E-state index in [2.05, 4.69) is 5.32 Å². The molecule has 0 saturated heterocycles. The Labute approximate surface area is 111 Å². The lowest BCUT2D eigenvalue weighted by atomic mass is 10.1. The molecule has 0 aliphatic carbocycles. The number of hydrogen-bond donors (Lipinski definition) is 1. The first-order valence-corrected chi connectivity index (χ1v) is 5.74. The molecule has 0 fully saturated rings. The van der Waals surface area contributed by atoms with Crippen LogP contribution in [0.15, 0.2) is 18.2 Å². The topological polar surface area (TPSA) is 56.8 Å². The van der Waals surface area contributed by atoms with Gasteiger partial charge in [-0.25, -0.2) is 4.39 Å². The van der Waals surface area contributed by atoms with Crippen LogP contribution in [0.1, 0.15) is 17.3 Å². The number of nitrogens with one attached hydrogen (secondary N) is 1. The molecule has 1 atom stereocenters. The fourth-order valence-corrected chi connectivity index (χ4v) is 1.75. The van der Waals surface area contributed by atoms with Crippen LogP contribution in [0.3, 0.4) is 0 Å². The predicted molar refractivity (Wildman–Crippen MR) is 67.7 cm³/mol. The maximum absolute atomic E-state index is 13.7. The molecule has 0 aromatic heterocycles. The van der Waals surface area contributed by atoms with Gasteiger partial charge in [-0.2, -0.15) is 0 Å². The number of rotatable bonds is 6. The Bertz CT molecular complexity index is 435. The summed E-state index contributed by atoms with van der Waals surface area (Å²) in [5.41, 5.74) is -0.136. The molecule has 1 N–H and O–H groups in total. The van der Waals surface area contributed by atoms with E-state index in [4.69, 9.17) is 14.2 Å². The molecule has 1 amide bonds. The second kappa shape index (κ2) is 7.06. The minimum Gasteiger partial charge on any atom is -0.496 e. The maximum Gasteiger partial charge on any atom is 0.258 e. The maximum atomic E-state index is 13.7. The monoisotopic (exact) mass is 271 g/mol. The number of methoxy groups -OCH3 is 3. The first-order chi connectivity index (χ1) is 9.04. The summed E-state index contributed by atoms with van der Waals surface area (Å²) in [7, 11) is 4.29. The summed E-state index contributed by atoms with van der Waals surface area (Å²) in [5.74, 6) is -1.05. The Morgan fingerprint density at radius 3 is 2.42 bits per heavy atom. The quantitative estimate of drug-likeness (QED) is 0.798. The zero-order chi connectivity index (χ0) is 14.4. The highest BCUT2D eigenvalue weighted by Crippen LogP contribution is 2.21. The van der Waals surface area contributed by atoms with Crippen molar-refractivity contribution in [2.45, 2.75) is 19.3 Å². The van der Waals surface area contributed by atoms with Crippen LogP contribution in [0.5, 0.6) is 5.75 Å². The largest absolute Gasteiger partial charge is 0.496 e. The van der Waals surface area contributed by atoms with Crippen LogP contribution in [-0.4, -0.2) is 39.6 Å². The van der Waals surface area contributed by atoms with Crippen LogP contribution in [0.25, 0.3) is 0 Å². The van der Waals surface area contributed by atoms with Crippen LogP contribution in [-0.2, 0) is 9.47 Å². The van der Waals surface area contributed by atoms with E-state index < -0.39 is 24.1 Å². The molecule has 0 aliphatic rings. The van der Waals surface area contributed by atoms with Gasteiger partial charge in [0.25, 0.3) is 5.91 Å². The Morgan fingerprint density at radius 2 is 1.89 bits per heavy atom. The Hall–Kier alpha value is -1.66. The van der Waals surface area contributed by atoms with Gasteiger partial charge in [0.15, 0.2) is 6.29 Å². The van der Waals surface area contributed by atoms with Crippen molar-refractivity contribution in [3.63, 3.8) is 0 Å². The number of benzene rings is 1. The van der Waals surface area contributed by atoms with Crippen molar-refractivity contribution in [1.29, 1.82) is 0 Å². The predicted octanol–water partition coefficient (Wildman–Crippen LogP) is 1.57. The zero-order valence-corrected chi connectivity index (χ0v) is 11.4. The molecule has 19 heavy (non-hydrogen) atoms. The fraction of sp³-hybridized carbons (Fsp3) is 0.462. The highest BCUT2D eigenvalue weighted by molar-refractivity contribution is 5.97. The van der Waals surface area contributed by atoms with Gasteiger partial charge in [0, 0.05) is 14.2 Å². The summed E-state index contributed by atoms with van der Waals surface area (Å²) in [5, 5.41) is 2.60. The molecule has 6 heteroatoms. The van der Waals surface area contributed by atoms with E-state index in [0.29, 0.717) is 0 Å². The first kappa shape index (κ1) is 15.4. The van der Waals surface area contributed by atoms with E-state index in [-0.39, 0.29) is 11.3 Å².